The third-order valence-corrected chi connectivity index (χ3v) is 3.81. The van der Waals surface area contributed by atoms with Gasteiger partial charge in [-0.05, 0) is 18.8 Å². The van der Waals surface area contributed by atoms with E-state index in [4.69, 9.17) is 4.74 Å². The fourth-order valence-electron chi connectivity index (χ4n) is 2.76. The van der Waals surface area contributed by atoms with Crippen LogP contribution >= 0.6 is 0 Å². The van der Waals surface area contributed by atoms with Crippen LogP contribution in [0.5, 0.6) is 0 Å². The lowest BCUT2D eigenvalue weighted by Crippen LogP contribution is -2.66. The Morgan fingerprint density at radius 3 is 2.67 bits per heavy atom. The summed E-state index contributed by atoms with van der Waals surface area (Å²) in [6.45, 7) is 7.09. The average molecular weight is 254 g/mol. The molecule has 0 radical (unpaired) electrons. The first-order valence-corrected chi connectivity index (χ1v) is 6.76. The summed E-state index contributed by atoms with van der Waals surface area (Å²) >= 11 is 0. The minimum absolute atomic E-state index is 0.0253. The van der Waals surface area contributed by atoms with Gasteiger partial charge in [-0.2, -0.15) is 0 Å². The Balaban J connectivity index is 2.24. The average Bonchev–Trinajstić information content (AvgIpc) is 2.84. The fourth-order valence-corrected chi connectivity index (χ4v) is 2.76. The summed E-state index contributed by atoms with van der Waals surface area (Å²) in [5, 5.41) is 2.85. The molecule has 18 heavy (non-hydrogen) atoms. The van der Waals surface area contributed by atoms with Crippen molar-refractivity contribution in [3.05, 3.63) is 0 Å². The van der Waals surface area contributed by atoms with E-state index in [1.165, 1.54) is 0 Å². The highest BCUT2D eigenvalue weighted by atomic mass is 16.5. The smallest absolute Gasteiger partial charge is 0.246 e. The molecule has 1 N–H and O–H groups in total. The molecule has 2 aliphatic heterocycles. The van der Waals surface area contributed by atoms with Crippen molar-refractivity contribution in [1.29, 1.82) is 0 Å². The lowest BCUT2D eigenvalue weighted by atomic mass is 9.95. The van der Waals surface area contributed by atoms with Gasteiger partial charge in [0.1, 0.15) is 12.1 Å². The normalized spacial score (nSPS) is 33.1. The molecular formula is C13H22N2O3. The summed E-state index contributed by atoms with van der Waals surface area (Å²) in [7, 11) is 0. The van der Waals surface area contributed by atoms with Gasteiger partial charge in [-0.1, -0.05) is 20.8 Å². The molecule has 2 fully saturated rings. The van der Waals surface area contributed by atoms with Gasteiger partial charge in [0, 0.05) is 6.61 Å². The lowest BCUT2D eigenvalue weighted by Gasteiger charge is -2.42. The molecule has 3 atom stereocenters. The number of hydrogen-bond donors (Lipinski definition) is 1. The van der Waals surface area contributed by atoms with Crippen LogP contribution < -0.4 is 5.32 Å². The minimum atomic E-state index is -0.388. The van der Waals surface area contributed by atoms with Gasteiger partial charge < -0.3 is 15.0 Å². The Hall–Kier alpha value is -1.10. The largest absolute Gasteiger partial charge is 0.379 e. The number of nitrogens with one attached hydrogen (secondary N) is 1. The summed E-state index contributed by atoms with van der Waals surface area (Å²) < 4.78 is 5.36. The topological polar surface area (TPSA) is 58.6 Å². The van der Waals surface area contributed by atoms with Crippen molar-refractivity contribution in [2.45, 2.75) is 51.7 Å². The molecule has 2 amide bonds. The van der Waals surface area contributed by atoms with Gasteiger partial charge in [0.05, 0.1) is 12.6 Å². The summed E-state index contributed by atoms with van der Waals surface area (Å²) in [6.07, 6.45) is 1.49. The number of carbonyl (C=O) groups is 2. The van der Waals surface area contributed by atoms with Crippen LogP contribution in [-0.2, 0) is 14.3 Å². The quantitative estimate of drug-likeness (QED) is 0.799. The van der Waals surface area contributed by atoms with E-state index in [1.807, 2.05) is 20.8 Å². The zero-order valence-corrected chi connectivity index (χ0v) is 11.3. The predicted octanol–water partition coefficient (Wildman–Crippen LogP) is 0.537. The van der Waals surface area contributed by atoms with Gasteiger partial charge in [-0.25, -0.2) is 0 Å². The van der Waals surface area contributed by atoms with Crippen molar-refractivity contribution in [3.8, 4) is 0 Å². The van der Waals surface area contributed by atoms with E-state index in [0.717, 1.165) is 6.42 Å². The molecule has 0 spiro atoms. The molecule has 5 heteroatoms. The maximum atomic E-state index is 12.5. The number of amides is 2. The summed E-state index contributed by atoms with van der Waals surface area (Å²) in [5.41, 5.74) is 0. The maximum absolute atomic E-state index is 12.5. The van der Waals surface area contributed by atoms with Crippen molar-refractivity contribution in [2.75, 3.05) is 13.2 Å². The molecule has 0 bridgehead atoms. The number of ether oxygens (including phenoxy) is 1. The molecule has 0 aromatic carbocycles. The van der Waals surface area contributed by atoms with Crippen molar-refractivity contribution >= 4 is 11.8 Å². The van der Waals surface area contributed by atoms with Crippen LogP contribution in [0.4, 0.5) is 0 Å². The van der Waals surface area contributed by atoms with Crippen molar-refractivity contribution < 1.29 is 14.3 Å². The van der Waals surface area contributed by atoms with Gasteiger partial charge in [0.15, 0.2) is 0 Å². The van der Waals surface area contributed by atoms with Crippen LogP contribution in [-0.4, -0.2) is 48.1 Å². The van der Waals surface area contributed by atoms with Gasteiger partial charge in [0.25, 0.3) is 0 Å². The Bertz CT molecular complexity index is 337. The Morgan fingerprint density at radius 1 is 1.44 bits per heavy atom. The Morgan fingerprint density at radius 2 is 2.17 bits per heavy atom. The van der Waals surface area contributed by atoms with Crippen LogP contribution in [0.25, 0.3) is 0 Å². The zero-order chi connectivity index (χ0) is 13.3. The number of carbonyl (C=O) groups excluding carboxylic acids is 2. The molecule has 2 aliphatic rings. The first kappa shape index (κ1) is 13.3. The van der Waals surface area contributed by atoms with E-state index in [9.17, 15) is 9.59 Å². The monoisotopic (exact) mass is 254 g/mol. The van der Waals surface area contributed by atoms with Crippen molar-refractivity contribution in [3.63, 3.8) is 0 Å². The van der Waals surface area contributed by atoms with Crippen molar-refractivity contribution in [2.24, 2.45) is 5.92 Å². The Kier molecular flexibility index (Phi) is 3.90. The number of piperazine rings is 1. The molecule has 2 rings (SSSR count). The minimum Gasteiger partial charge on any atom is -0.379 e. The van der Waals surface area contributed by atoms with Gasteiger partial charge in [-0.15, -0.1) is 0 Å². The molecule has 3 unspecified atom stereocenters. The molecule has 2 saturated heterocycles. The third kappa shape index (κ3) is 2.23. The van der Waals surface area contributed by atoms with E-state index in [2.05, 4.69) is 5.32 Å². The third-order valence-electron chi connectivity index (χ3n) is 3.81. The second-order valence-electron chi connectivity index (χ2n) is 5.42. The number of nitrogens with zero attached hydrogens (tertiary/aromatic N) is 1. The maximum Gasteiger partial charge on any atom is 0.246 e. The number of rotatable bonds is 3. The molecule has 5 nitrogen and oxygen atoms in total. The molecule has 0 aromatic rings. The van der Waals surface area contributed by atoms with Crippen LogP contribution in [0.3, 0.4) is 0 Å². The second kappa shape index (κ2) is 5.26. The molecule has 102 valence electrons. The van der Waals surface area contributed by atoms with E-state index in [1.54, 1.807) is 4.90 Å². The predicted molar refractivity (Wildman–Crippen MR) is 66.9 cm³/mol. The second-order valence-corrected chi connectivity index (χ2v) is 5.42. The highest BCUT2D eigenvalue weighted by molar-refractivity contribution is 5.97. The molecule has 0 saturated carbocycles. The summed E-state index contributed by atoms with van der Waals surface area (Å²) in [5.74, 6) is 0.138. The van der Waals surface area contributed by atoms with E-state index in [-0.39, 0.29) is 35.9 Å². The van der Waals surface area contributed by atoms with Gasteiger partial charge in [-0.3, -0.25) is 9.59 Å². The highest BCUT2D eigenvalue weighted by Gasteiger charge is 2.44. The SMILES string of the molecule is CCC1C(=O)NC(C(C)C)C(=O)N1C1CCOC1. The first-order chi connectivity index (χ1) is 8.56. The summed E-state index contributed by atoms with van der Waals surface area (Å²) in [4.78, 5) is 26.4. The summed E-state index contributed by atoms with van der Waals surface area (Å²) in [6, 6.07) is -0.658. The zero-order valence-electron chi connectivity index (χ0n) is 11.3. The fraction of sp³-hybridized carbons (Fsp3) is 0.846. The standard InChI is InChI=1S/C13H22N2O3/c1-4-10-12(16)14-11(8(2)3)13(17)15(10)9-5-6-18-7-9/h8-11H,4-7H2,1-3H3,(H,14,16). The van der Waals surface area contributed by atoms with E-state index >= 15 is 0 Å². The molecular weight excluding hydrogens is 232 g/mol. The molecule has 0 aliphatic carbocycles. The lowest BCUT2D eigenvalue weighted by molar-refractivity contribution is -0.153. The Labute approximate surface area is 108 Å². The molecule has 2 heterocycles. The number of hydrogen-bond acceptors (Lipinski definition) is 3. The molecule has 0 aromatic heterocycles. The highest BCUT2D eigenvalue weighted by Crippen LogP contribution is 2.24. The van der Waals surface area contributed by atoms with Gasteiger partial charge in [0.2, 0.25) is 11.8 Å². The first-order valence-electron chi connectivity index (χ1n) is 6.76. The van der Waals surface area contributed by atoms with Crippen LogP contribution in [0.1, 0.15) is 33.6 Å². The van der Waals surface area contributed by atoms with Crippen LogP contribution in [0, 0.1) is 5.92 Å². The van der Waals surface area contributed by atoms with Gasteiger partial charge >= 0.3 is 0 Å². The van der Waals surface area contributed by atoms with Crippen molar-refractivity contribution in [1.82, 2.24) is 10.2 Å². The van der Waals surface area contributed by atoms with E-state index < -0.39 is 0 Å². The van der Waals surface area contributed by atoms with Crippen LogP contribution in [0.2, 0.25) is 0 Å². The van der Waals surface area contributed by atoms with Crippen LogP contribution in [0.15, 0.2) is 0 Å². The van der Waals surface area contributed by atoms with E-state index in [0.29, 0.717) is 19.6 Å².